The predicted molar refractivity (Wildman–Crippen MR) is 99.9 cm³/mol. The van der Waals surface area contributed by atoms with Gasteiger partial charge in [0.2, 0.25) is 6.79 Å². The molecule has 1 aliphatic heterocycles. The summed E-state index contributed by atoms with van der Waals surface area (Å²) in [5.41, 5.74) is 7.78. The largest absolute Gasteiger partial charge is 0.454 e. The zero-order valence-corrected chi connectivity index (χ0v) is 14.8. The van der Waals surface area contributed by atoms with Gasteiger partial charge in [0.1, 0.15) is 0 Å². The fraction of sp³-hybridized carbons (Fsp3) is 0.222. The lowest BCUT2D eigenvalue weighted by Gasteiger charge is -2.13. The number of nitrogens with one attached hydrogen (secondary N) is 3. The molecule has 7 heteroatoms. The van der Waals surface area contributed by atoms with Crippen molar-refractivity contribution in [1.82, 2.24) is 10.9 Å². The van der Waals surface area contributed by atoms with E-state index in [2.05, 4.69) is 30.0 Å². The molecule has 0 atom stereocenters. The Morgan fingerprint density at radius 2 is 1.76 bits per heavy atom. The number of fused-ring (bicyclic) bond motifs is 1. The fourth-order valence-electron chi connectivity index (χ4n) is 2.34. The summed E-state index contributed by atoms with van der Waals surface area (Å²) >= 11 is 5.19. The molecule has 130 valence electrons. The molecule has 0 aliphatic carbocycles. The van der Waals surface area contributed by atoms with Crippen LogP contribution in [0.4, 0.5) is 5.69 Å². The van der Waals surface area contributed by atoms with Gasteiger partial charge in [0, 0.05) is 11.3 Å². The first-order valence-electron chi connectivity index (χ1n) is 7.90. The van der Waals surface area contributed by atoms with Crippen LogP contribution in [0, 0.1) is 0 Å². The Balaban J connectivity index is 1.52. The first kappa shape index (κ1) is 17.0. The average molecular weight is 357 g/mol. The van der Waals surface area contributed by atoms with Crippen LogP contribution in [0.5, 0.6) is 11.5 Å². The van der Waals surface area contributed by atoms with Crippen molar-refractivity contribution in [3.8, 4) is 11.5 Å². The van der Waals surface area contributed by atoms with Crippen LogP contribution in [-0.2, 0) is 0 Å². The van der Waals surface area contributed by atoms with Crippen molar-refractivity contribution in [3.63, 3.8) is 0 Å². The maximum atomic E-state index is 12.2. The average Bonchev–Trinajstić information content (AvgIpc) is 3.07. The minimum atomic E-state index is -0.322. The van der Waals surface area contributed by atoms with Gasteiger partial charge in [-0.1, -0.05) is 26.0 Å². The SMILES string of the molecule is CC(C)c1ccc(NC(=S)NNC(=O)c2ccc3c(c2)OCO3)cc1. The first-order valence-corrected chi connectivity index (χ1v) is 8.30. The Hall–Kier alpha value is -2.80. The number of anilines is 1. The maximum absolute atomic E-state index is 12.2. The molecular weight excluding hydrogens is 338 g/mol. The van der Waals surface area contributed by atoms with Crippen LogP contribution < -0.4 is 25.6 Å². The molecule has 1 amide bonds. The lowest BCUT2D eigenvalue weighted by atomic mass is 10.0. The number of carbonyl (C=O) groups is 1. The number of hydrogen-bond donors (Lipinski definition) is 3. The van der Waals surface area contributed by atoms with Crippen molar-refractivity contribution in [2.45, 2.75) is 19.8 Å². The monoisotopic (exact) mass is 357 g/mol. The van der Waals surface area contributed by atoms with E-state index in [4.69, 9.17) is 21.7 Å². The van der Waals surface area contributed by atoms with Gasteiger partial charge in [-0.25, -0.2) is 0 Å². The second-order valence-electron chi connectivity index (χ2n) is 5.88. The van der Waals surface area contributed by atoms with Crippen LogP contribution in [0.25, 0.3) is 0 Å². The number of amides is 1. The van der Waals surface area contributed by atoms with Gasteiger partial charge in [-0.2, -0.15) is 0 Å². The molecule has 25 heavy (non-hydrogen) atoms. The predicted octanol–water partition coefficient (Wildman–Crippen LogP) is 3.17. The molecule has 0 saturated carbocycles. The lowest BCUT2D eigenvalue weighted by molar-refractivity contribution is 0.0943. The van der Waals surface area contributed by atoms with Crippen LogP contribution in [-0.4, -0.2) is 17.8 Å². The highest BCUT2D eigenvalue weighted by Gasteiger charge is 2.16. The molecule has 1 heterocycles. The highest BCUT2D eigenvalue weighted by atomic mass is 32.1. The third-order valence-electron chi connectivity index (χ3n) is 3.76. The molecule has 2 aromatic rings. The number of hydrogen-bond acceptors (Lipinski definition) is 4. The van der Waals surface area contributed by atoms with Crippen molar-refractivity contribution >= 4 is 28.9 Å². The van der Waals surface area contributed by atoms with E-state index in [1.54, 1.807) is 18.2 Å². The van der Waals surface area contributed by atoms with Crippen LogP contribution in [0.1, 0.15) is 35.7 Å². The topological polar surface area (TPSA) is 71.6 Å². The summed E-state index contributed by atoms with van der Waals surface area (Å²) in [6.07, 6.45) is 0. The molecule has 2 aromatic carbocycles. The number of carbonyl (C=O) groups excluding carboxylic acids is 1. The molecule has 1 aliphatic rings. The van der Waals surface area contributed by atoms with Crippen molar-refractivity contribution in [1.29, 1.82) is 0 Å². The second kappa shape index (κ2) is 7.40. The normalized spacial score (nSPS) is 12.0. The van der Waals surface area contributed by atoms with E-state index in [1.807, 2.05) is 24.3 Å². The summed E-state index contributed by atoms with van der Waals surface area (Å²) < 4.78 is 10.5. The van der Waals surface area contributed by atoms with Gasteiger partial charge in [-0.3, -0.25) is 15.6 Å². The lowest BCUT2D eigenvalue weighted by Crippen LogP contribution is -2.43. The summed E-state index contributed by atoms with van der Waals surface area (Å²) in [5, 5.41) is 3.32. The van der Waals surface area contributed by atoms with Crippen molar-refractivity contribution < 1.29 is 14.3 Å². The minimum absolute atomic E-state index is 0.169. The molecule has 0 spiro atoms. The zero-order valence-electron chi connectivity index (χ0n) is 14.0. The fourth-order valence-corrected chi connectivity index (χ4v) is 2.51. The third-order valence-corrected chi connectivity index (χ3v) is 3.96. The molecule has 3 N–H and O–H groups in total. The van der Waals surface area contributed by atoms with Crippen LogP contribution in [0.3, 0.4) is 0 Å². The van der Waals surface area contributed by atoms with Gasteiger partial charge in [0.25, 0.3) is 5.91 Å². The van der Waals surface area contributed by atoms with Crippen molar-refractivity contribution in [3.05, 3.63) is 53.6 Å². The summed E-state index contributed by atoms with van der Waals surface area (Å²) in [4.78, 5) is 12.2. The Labute approximate surface area is 151 Å². The molecule has 0 unspecified atom stereocenters. The molecule has 0 bridgehead atoms. The molecule has 6 nitrogen and oxygen atoms in total. The highest BCUT2D eigenvalue weighted by Crippen LogP contribution is 2.32. The Morgan fingerprint density at radius 3 is 2.48 bits per heavy atom. The Kier molecular flexibility index (Phi) is 5.04. The number of thiocarbonyl (C=S) groups is 1. The van der Waals surface area contributed by atoms with Gasteiger partial charge in [0.15, 0.2) is 16.6 Å². The van der Waals surface area contributed by atoms with Gasteiger partial charge in [-0.15, -0.1) is 0 Å². The van der Waals surface area contributed by atoms with Crippen LogP contribution >= 0.6 is 12.2 Å². The van der Waals surface area contributed by atoms with E-state index in [9.17, 15) is 4.79 Å². The van der Waals surface area contributed by atoms with Gasteiger partial charge < -0.3 is 14.8 Å². The summed E-state index contributed by atoms with van der Waals surface area (Å²) in [6, 6.07) is 13.0. The van der Waals surface area contributed by atoms with Crippen molar-refractivity contribution in [2.24, 2.45) is 0 Å². The molecule has 0 fully saturated rings. The standard InChI is InChI=1S/C18H19N3O3S/c1-11(2)12-3-6-14(7-4-12)19-18(25)21-20-17(22)13-5-8-15-16(9-13)24-10-23-15/h3-9,11H,10H2,1-2H3,(H,20,22)(H2,19,21,25). The number of benzene rings is 2. The molecule has 0 radical (unpaired) electrons. The van der Waals surface area contributed by atoms with E-state index >= 15 is 0 Å². The molecule has 3 rings (SSSR count). The van der Waals surface area contributed by atoms with Crippen LogP contribution in [0.2, 0.25) is 0 Å². The molecule has 0 aromatic heterocycles. The highest BCUT2D eigenvalue weighted by molar-refractivity contribution is 7.80. The van der Waals surface area contributed by atoms with Crippen molar-refractivity contribution in [2.75, 3.05) is 12.1 Å². The summed E-state index contributed by atoms with van der Waals surface area (Å²) in [6.45, 7) is 4.45. The van der Waals surface area contributed by atoms with Gasteiger partial charge in [0.05, 0.1) is 0 Å². The van der Waals surface area contributed by atoms with Gasteiger partial charge >= 0.3 is 0 Å². The Morgan fingerprint density at radius 1 is 1.04 bits per heavy atom. The van der Waals surface area contributed by atoms with Crippen LogP contribution in [0.15, 0.2) is 42.5 Å². The van der Waals surface area contributed by atoms with Gasteiger partial charge in [-0.05, 0) is 54.0 Å². The number of rotatable bonds is 3. The summed E-state index contributed by atoms with van der Waals surface area (Å²) in [7, 11) is 0. The Bertz CT molecular complexity index is 791. The smallest absolute Gasteiger partial charge is 0.269 e. The first-order chi connectivity index (χ1) is 12.0. The van der Waals surface area contributed by atoms with E-state index in [0.717, 1.165) is 5.69 Å². The summed E-state index contributed by atoms with van der Waals surface area (Å²) in [5.74, 6) is 1.34. The van der Waals surface area contributed by atoms with E-state index in [-0.39, 0.29) is 12.7 Å². The molecule has 0 saturated heterocycles. The quantitative estimate of drug-likeness (QED) is 0.579. The number of hydrazine groups is 1. The zero-order chi connectivity index (χ0) is 17.8. The third kappa shape index (κ3) is 4.19. The minimum Gasteiger partial charge on any atom is -0.454 e. The van der Waals surface area contributed by atoms with E-state index in [1.165, 1.54) is 5.56 Å². The maximum Gasteiger partial charge on any atom is 0.269 e. The molecular formula is C18H19N3O3S. The van der Waals surface area contributed by atoms with E-state index in [0.29, 0.717) is 28.1 Å². The van der Waals surface area contributed by atoms with E-state index < -0.39 is 0 Å². The number of ether oxygens (including phenoxy) is 2. The second-order valence-corrected chi connectivity index (χ2v) is 6.29.